The van der Waals surface area contributed by atoms with Crippen molar-refractivity contribution in [2.75, 3.05) is 6.54 Å². The molecule has 90 valence electrons. The van der Waals surface area contributed by atoms with Crippen LogP contribution in [0.5, 0.6) is 0 Å². The van der Waals surface area contributed by atoms with Gasteiger partial charge in [-0.05, 0) is 24.2 Å². The fourth-order valence-electron chi connectivity index (χ4n) is 1.79. The van der Waals surface area contributed by atoms with Crippen molar-refractivity contribution in [2.24, 2.45) is 12.8 Å². The first kappa shape index (κ1) is 12.3. The summed E-state index contributed by atoms with van der Waals surface area (Å²) in [6.45, 7) is 0.648. The van der Waals surface area contributed by atoms with E-state index in [1.807, 2.05) is 7.05 Å². The van der Waals surface area contributed by atoms with Gasteiger partial charge < -0.3 is 10.3 Å². The molecule has 0 unspecified atom stereocenters. The second kappa shape index (κ2) is 5.47. The molecular formula is C13H16BrN3. The number of halogens is 1. The van der Waals surface area contributed by atoms with Crippen molar-refractivity contribution in [1.82, 2.24) is 9.55 Å². The van der Waals surface area contributed by atoms with Crippen molar-refractivity contribution in [3.8, 4) is 0 Å². The molecule has 0 aliphatic rings. The minimum Gasteiger partial charge on any atom is -0.337 e. The molecule has 0 radical (unpaired) electrons. The summed E-state index contributed by atoms with van der Waals surface area (Å²) in [5.74, 6) is 1.08. The van der Waals surface area contributed by atoms with Gasteiger partial charge in [0.05, 0.1) is 5.69 Å². The zero-order chi connectivity index (χ0) is 12.3. The fourth-order valence-corrected chi connectivity index (χ4v) is 2.05. The lowest BCUT2D eigenvalue weighted by Crippen LogP contribution is -2.02. The van der Waals surface area contributed by atoms with Gasteiger partial charge in [0.2, 0.25) is 0 Å². The summed E-state index contributed by atoms with van der Waals surface area (Å²) in [6, 6.07) is 8.33. The van der Waals surface area contributed by atoms with Gasteiger partial charge in [-0.1, -0.05) is 28.1 Å². The van der Waals surface area contributed by atoms with Crippen molar-refractivity contribution in [1.29, 1.82) is 0 Å². The van der Waals surface area contributed by atoms with Crippen LogP contribution in [-0.2, 0) is 19.9 Å². The Labute approximate surface area is 110 Å². The van der Waals surface area contributed by atoms with Gasteiger partial charge in [-0.2, -0.15) is 0 Å². The lowest BCUT2D eigenvalue weighted by atomic mass is 10.1. The highest BCUT2D eigenvalue weighted by Gasteiger charge is 2.05. The molecular weight excluding hydrogens is 278 g/mol. The summed E-state index contributed by atoms with van der Waals surface area (Å²) in [6.07, 6.45) is 3.75. The number of hydrogen-bond acceptors (Lipinski definition) is 2. The number of hydrogen-bond donors (Lipinski definition) is 1. The lowest BCUT2D eigenvalue weighted by molar-refractivity contribution is 0.821. The first-order valence-corrected chi connectivity index (χ1v) is 6.44. The van der Waals surface area contributed by atoms with E-state index in [1.165, 1.54) is 5.56 Å². The highest BCUT2D eigenvalue weighted by atomic mass is 79.9. The molecule has 0 aliphatic heterocycles. The Balaban J connectivity index is 2.15. The van der Waals surface area contributed by atoms with E-state index in [1.54, 1.807) is 0 Å². The average Bonchev–Trinajstić information content (AvgIpc) is 2.63. The second-order valence-corrected chi connectivity index (χ2v) is 5.02. The standard InChI is InChI=1S/C13H16BrN3/c1-17-9-12(6-7-15)16-13(17)8-10-2-4-11(14)5-3-10/h2-5,9H,6-8,15H2,1H3. The molecule has 0 atom stereocenters. The van der Waals surface area contributed by atoms with Crippen molar-refractivity contribution < 1.29 is 0 Å². The van der Waals surface area contributed by atoms with Crippen LogP contribution >= 0.6 is 15.9 Å². The molecule has 0 saturated heterocycles. The number of aryl methyl sites for hydroxylation is 1. The van der Waals surface area contributed by atoms with Crippen LogP contribution in [0.15, 0.2) is 34.9 Å². The Morgan fingerprint density at radius 1 is 1.29 bits per heavy atom. The SMILES string of the molecule is Cn1cc(CCN)nc1Cc1ccc(Br)cc1. The Hall–Kier alpha value is -1.13. The number of nitrogens with zero attached hydrogens (tertiary/aromatic N) is 2. The van der Waals surface area contributed by atoms with Gasteiger partial charge in [0.25, 0.3) is 0 Å². The summed E-state index contributed by atoms with van der Waals surface area (Å²) in [5.41, 5.74) is 7.87. The van der Waals surface area contributed by atoms with Gasteiger partial charge in [-0.25, -0.2) is 4.98 Å². The normalized spacial score (nSPS) is 10.8. The largest absolute Gasteiger partial charge is 0.337 e. The minimum absolute atomic E-state index is 0.648. The highest BCUT2D eigenvalue weighted by Crippen LogP contribution is 2.14. The van der Waals surface area contributed by atoms with Gasteiger partial charge in [0, 0.05) is 30.6 Å². The van der Waals surface area contributed by atoms with Crippen molar-refractivity contribution in [2.45, 2.75) is 12.8 Å². The van der Waals surface area contributed by atoms with Crippen LogP contribution in [0.2, 0.25) is 0 Å². The maximum Gasteiger partial charge on any atom is 0.113 e. The van der Waals surface area contributed by atoms with E-state index in [9.17, 15) is 0 Å². The maximum atomic E-state index is 5.53. The summed E-state index contributed by atoms with van der Waals surface area (Å²) in [5, 5.41) is 0. The highest BCUT2D eigenvalue weighted by molar-refractivity contribution is 9.10. The van der Waals surface area contributed by atoms with Gasteiger partial charge in [-0.3, -0.25) is 0 Å². The molecule has 4 heteroatoms. The molecule has 0 saturated carbocycles. The minimum atomic E-state index is 0.648. The molecule has 0 amide bonds. The Bertz CT molecular complexity index is 488. The lowest BCUT2D eigenvalue weighted by Gasteiger charge is -2.01. The smallest absolute Gasteiger partial charge is 0.113 e. The van der Waals surface area contributed by atoms with Crippen LogP contribution in [0.1, 0.15) is 17.1 Å². The van der Waals surface area contributed by atoms with E-state index in [2.05, 4.69) is 55.9 Å². The molecule has 17 heavy (non-hydrogen) atoms. The van der Waals surface area contributed by atoms with Crippen LogP contribution in [0.4, 0.5) is 0 Å². The van der Waals surface area contributed by atoms with Crippen LogP contribution in [0.3, 0.4) is 0 Å². The van der Waals surface area contributed by atoms with Crippen molar-refractivity contribution in [3.63, 3.8) is 0 Å². The first-order valence-electron chi connectivity index (χ1n) is 5.64. The zero-order valence-electron chi connectivity index (χ0n) is 9.86. The molecule has 2 N–H and O–H groups in total. The maximum absolute atomic E-state index is 5.53. The summed E-state index contributed by atoms with van der Waals surface area (Å²) >= 11 is 3.44. The van der Waals surface area contributed by atoms with Crippen LogP contribution in [0.25, 0.3) is 0 Å². The summed E-state index contributed by atoms with van der Waals surface area (Å²) < 4.78 is 3.18. The van der Waals surface area contributed by atoms with Crippen LogP contribution in [-0.4, -0.2) is 16.1 Å². The Morgan fingerprint density at radius 3 is 2.65 bits per heavy atom. The van der Waals surface area contributed by atoms with Gasteiger partial charge in [0.15, 0.2) is 0 Å². The average molecular weight is 294 g/mol. The van der Waals surface area contributed by atoms with E-state index in [4.69, 9.17) is 5.73 Å². The number of benzene rings is 1. The molecule has 2 aromatic rings. The monoisotopic (exact) mass is 293 g/mol. The van der Waals surface area contributed by atoms with Gasteiger partial charge in [0.1, 0.15) is 5.82 Å². The third-order valence-corrected chi connectivity index (χ3v) is 3.23. The fraction of sp³-hybridized carbons (Fsp3) is 0.308. The summed E-state index contributed by atoms with van der Waals surface area (Å²) in [7, 11) is 2.03. The van der Waals surface area contributed by atoms with E-state index >= 15 is 0 Å². The van der Waals surface area contributed by atoms with Gasteiger partial charge >= 0.3 is 0 Å². The molecule has 0 fully saturated rings. The molecule has 1 heterocycles. The van der Waals surface area contributed by atoms with E-state index in [0.29, 0.717) is 6.54 Å². The first-order chi connectivity index (χ1) is 8.19. The molecule has 1 aromatic carbocycles. The number of imidazole rings is 1. The Kier molecular flexibility index (Phi) is 3.97. The number of rotatable bonds is 4. The van der Waals surface area contributed by atoms with Gasteiger partial charge in [-0.15, -0.1) is 0 Å². The van der Waals surface area contributed by atoms with Crippen LogP contribution < -0.4 is 5.73 Å². The topological polar surface area (TPSA) is 43.8 Å². The van der Waals surface area contributed by atoms with E-state index in [-0.39, 0.29) is 0 Å². The van der Waals surface area contributed by atoms with E-state index < -0.39 is 0 Å². The van der Waals surface area contributed by atoms with Crippen LogP contribution in [0, 0.1) is 0 Å². The molecule has 0 bridgehead atoms. The third-order valence-electron chi connectivity index (χ3n) is 2.70. The van der Waals surface area contributed by atoms with E-state index in [0.717, 1.165) is 28.8 Å². The second-order valence-electron chi connectivity index (χ2n) is 4.10. The van der Waals surface area contributed by atoms with Crippen molar-refractivity contribution in [3.05, 3.63) is 52.0 Å². The summed E-state index contributed by atoms with van der Waals surface area (Å²) in [4.78, 5) is 4.59. The Morgan fingerprint density at radius 2 is 2.00 bits per heavy atom. The predicted octanol–water partition coefficient (Wildman–Crippen LogP) is 2.27. The third kappa shape index (κ3) is 3.17. The number of aromatic nitrogens is 2. The predicted molar refractivity (Wildman–Crippen MR) is 72.9 cm³/mol. The molecule has 3 nitrogen and oxygen atoms in total. The molecule has 2 rings (SSSR count). The zero-order valence-corrected chi connectivity index (χ0v) is 11.4. The number of nitrogens with two attached hydrogens (primary N) is 1. The molecule has 1 aromatic heterocycles. The quantitative estimate of drug-likeness (QED) is 0.940. The molecule has 0 aliphatic carbocycles. The van der Waals surface area contributed by atoms with Crippen molar-refractivity contribution >= 4 is 15.9 Å². The molecule has 0 spiro atoms.